The summed E-state index contributed by atoms with van der Waals surface area (Å²) < 4.78 is 3.42. The predicted octanol–water partition coefficient (Wildman–Crippen LogP) is 0.0846. The van der Waals surface area contributed by atoms with Gasteiger partial charge in [-0.1, -0.05) is 0 Å². The SMILES string of the molecule is CC(=O)c1c([O-])[n+]2c(n1C)SCCC2. The van der Waals surface area contributed by atoms with Crippen molar-refractivity contribution in [3.8, 4) is 5.88 Å². The molecular formula is C9H12N2O2S. The summed E-state index contributed by atoms with van der Waals surface area (Å²) in [5, 5.41) is 12.7. The molecule has 0 atom stereocenters. The lowest BCUT2D eigenvalue weighted by molar-refractivity contribution is -0.767. The van der Waals surface area contributed by atoms with E-state index >= 15 is 0 Å². The molecule has 0 fully saturated rings. The van der Waals surface area contributed by atoms with E-state index in [1.54, 1.807) is 27.9 Å². The van der Waals surface area contributed by atoms with E-state index in [4.69, 9.17) is 0 Å². The third-order valence-electron chi connectivity index (χ3n) is 2.39. The second-order valence-electron chi connectivity index (χ2n) is 3.41. The van der Waals surface area contributed by atoms with Crippen molar-refractivity contribution in [2.45, 2.75) is 25.0 Å². The van der Waals surface area contributed by atoms with Gasteiger partial charge in [-0.25, -0.2) is 9.13 Å². The van der Waals surface area contributed by atoms with Crippen molar-refractivity contribution >= 4 is 17.5 Å². The van der Waals surface area contributed by atoms with Gasteiger partial charge in [0.25, 0.3) is 0 Å². The zero-order valence-electron chi connectivity index (χ0n) is 8.24. The lowest BCUT2D eigenvalue weighted by Crippen LogP contribution is -2.40. The first-order chi connectivity index (χ1) is 6.63. The second-order valence-corrected chi connectivity index (χ2v) is 4.47. The molecule has 1 aliphatic rings. The lowest BCUT2D eigenvalue weighted by Gasteiger charge is -2.10. The van der Waals surface area contributed by atoms with Crippen molar-refractivity contribution in [3.63, 3.8) is 0 Å². The summed E-state index contributed by atoms with van der Waals surface area (Å²) in [4.78, 5) is 11.3. The molecule has 2 rings (SSSR count). The van der Waals surface area contributed by atoms with Crippen LogP contribution in [0.2, 0.25) is 0 Å². The average molecular weight is 212 g/mol. The van der Waals surface area contributed by atoms with Gasteiger partial charge in [0, 0.05) is 12.7 Å². The first-order valence-electron chi connectivity index (χ1n) is 4.56. The molecule has 0 radical (unpaired) electrons. The van der Waals surface area contributed by atoms with Gasteiger partial charge in [0.15, 0.2) is 0 Å². The van der Waals surface area contributed by atoms with Crippen molar-refractivity contribution in [2.24, 2.45) is 7.05 Å². The van der Waals surface area contributed by atoms with E-state index < -0.39 is 0 Å². The van der Waals surface area contributed by atoms with Gasteiger partial charge in [-0.2, -0.15) is 0 Å². The van der Waals surface area contributed by atoms with Crippen molar-refractivity contribution in [1.29, 1.82) is 0 Å². The van der Waals surface area contributed by atoms with Gasteiger partial charge in [0.05, 0.1) is 13.6 Å². The number of fused-ring (bicyclic) bond motifs is 1. The van der Waals surface area contributed by atoms with Crippen LogP contribution in [0.15, 0.2) is 5.16 Å². The van der Waals surface area contributed by atoms with Gasteiger partial charge in [-0.15, -0.1) is 0 Å². The predicted molar refractivity (Wildman–Crippen MR) is 50.4 cm³/mol. The molecule has 1 aromatic heterocycles. The molecule has 5 heteroatoms. The summed E-state index contributed by atoms with van der Waals surface area (Å²) in [6.45, 7) is 2.18. The first kappa shape index (κ1) is 9.58. The van der Waals surface area contributed by atoms with E-state index in [-0.39, 0.29) is 11.7 Å². The summed E-state index contributed by atoms with van der Waals surface area (Å²) in [6.07, 6.45) is 0.999. The summed E-state index contributed by atoms with van der Waals surface area (Å²) in [6, 6.07) is 0. The lowest BCUT2D eigenvalue weighted by atomic mass is 10.3. The van der Waals surface area contributed by atoms with Gasteiger partial charge in [-0.05, 0) is 18.2 Å². The Morgan fingerprint density at radius 2 is 2.36 bits per heavy atom. The second kappa shape index (κ2) is 3.31. The fourth-order valence-electron chi connectivity index (χ4n) is 1.78. The van der Waals surface area contributed by atoms with E-state index in [9.17, 15) is 9.90 Å². The van der Waals surface area contributed by atoms with Crippen LogP contribution in [0.5, 0.6) is 5.88 Å². The van der Waals surface area contributed by atoms with Crippen LogP contribution in [0.3, 0.4) is 0 Å². The van der Waals surface area contributed by atoms with Crippen LogP contribution in [0.1, 0.15) is 23.8 Å². The number of rotatable bonds is 1. The Labute approximate surface area is 86.5 Å². The zero-order chi connectivity index (χ0) is 10.3. The Hall–Kier alpha value is -0.970. The normalized spacial score (nSPS) is 15.3. The molecule has 0 saturated carbocycles. The molecule has 4 nitrogen and oxygen atoms in total. The number of carbonyl (C=O) groups is 1. The highest BCUT2D eigenvalue weighted by molar-refractivity contribution is 7.99. The smallest absolute Gasteiger partial charge is 0.317 e. The molecule has 0 unspecified atom stereocenters. The van der Waals surface area contributed by atoms with Gasteiger partial charge in [0.2, 0.25) is 11.5 Å². The number of thioether (sulfide) groups is 1. The summed E-state index contributed by atoms with van der Waals surface area (Å²) in [7, 11) is 1.78. The van der Waals surface area contributed by atoms with Crippen LogP contribution in [0.4, 0.5) is 0 Å². The number of carbonyl (C=O) groups excluding carboxylic acids is 1. The fourth-order valence-corrected chi connectivity index (χ4v) is 2.85. The highest BCUT2D eigenvalue weighted by atomic mass is 32.2. The third kappa shape index (κ3) is 1.23. The summed E-state index contributed by atoms with van der Waals surface area (Å²) >= 11 is 1.64. The standard InChI is InChI=1S/C9H12N2O2S/c1-6(12)7-8(13)11-4-3-5-14-9(11)10(7)2/h3-5H2,1-2H3. The number of hydrogen-bond donors (Lipinski definition) is 0. The maximum Gasteiger partial charge on any atom is 0.317 e. The molecule has 14 heavy (non-hydrogen) atoms. The van der Waals surface area contributed by atoms with Crippen LogP contribution in [0.25, 0.3) is 0 Å². The Morgan fingerprint density at radius 1 is 1.64 bits per heavy atom. The van der Waals surface area contributed by atoms with Crippen LogP contribution in [0, 0.1) is 0 Å². The molecule has 1 aliphatic heterocycles. The van der Waals surface area contributed by atoms with Gasteiger partial charge in [-0.3, -0.25) is 4.79 Å². The molecule has 0 saturated heterocycles. The van der Waals surface area contributed by atoms with Crippen molar-refractivity contribution in [3.05, 3.63) is 5.69 Å². The van der Waals surface area contributed by atoms with E-state index in [0.29, 0.717) is 5.69 Å². The molecule has 1 aromatic rings. The number of Topliss-reactive ketones (excluding diaryl/α,β-unsaturated/α-hetero) is 1. The molecule has 0 aromatic carbocycles. The molecule has 0 amide bonds. The molecule has 0 bridgehead atoms. The number of hydrogen-bond acceptors (Lipinski definition) is 3. The fraction of sp³-hybridized carbons (Fsp3) is 0.556. The Kier molecular flexibility index (Phi) is 2.26. The van der Waals surface area contributed by atoms with Crippen molar-refractivity contribution in [2.75, 3.05) is 5.75 Å². The van der Waals surface area contributed by atoms with Gasteiger partial charge in [0.1, 0.15) is 5.88 Å². The quantitative estimate of drug-likeness (QED) is 0.489. The highest BCUT2D eigenvalue weighted by Crippen LogP contribution is 2.25. The minimum absolute atomic E-state index is 0.137. The Morgan fingerprint density at radius 3 is 2.93 bits per heavy atom. The monoisotopic (exact) mass is 212 g/mol. The minimum atomic E-state index is -0.153. The van der Waals surface area contributed by atoms with Crippen LogP contribution < -0.4 is 9.67 Å². The summed E-state index contributed by atoms with van der Waals surface area (Å²) in [5.41, 5.74) is 0.300. The van der Waals surface area contributed by atoms with Crippen LogP contribution >= 0.6 is 11.8 Å². The molecule has 76 valence electrons. The average Bonchev–Trinajstić information content (AvgIpc) is 2.41. The molecule has 0 aliphatic carbocycles. The number of nitrogens with zero attached hydrogens (tertiary/aromatic N) is 2. The Bertz CT molecular complexity index is 369. The third-order valence-corrected chi connectivity index (χ3v) is 3.64. The van der Waals surface area contributed by atoms with Crippen LogP contribution in [-0.4, -0.2) is 16.1 Å². The number of ketones is 1. The van der Waals surface area contributed by atoms with E-state index in [1.165, 1.54) is 6.92 Å². The van der Waals surface area contributed by atoms with Crippen molar-refractivity contribution < 1.29 is 14.5 Å². The topological polar surface area (TPSA) is 48.9 Å². The van der Waals surface area contributed by atoms with Crippen molar-refractivity contribution in [1.82, 2.24) is 4.57 Å². The largest absolute Gasteiger partial charge is 0.839 e. The summed E-state index contributed by atoms with van der Waals surface area (Å²) in [5.74, 6) is 0.733. The van der Waals surface area contributed by atoms with E-state index in [1.807, 2.05) is 0 Å². The maximum atomic E-state index is 11.8. The van der Waals surface area contributed by atoms with Gasteiger partial charge < -0.3 is 5.11 Å². The van der Waals surface area contributed by atoms with Gasteiger partial charge >= 0.3 is 5.16 Å². The van der Waals surface area contributed by atoms with E-state index in [0.717, 1.165) is 23.9 Å². The molecule has 0 N–H and O–H groups in total. The minimum Gasteiger partial charge on any atom is -0.839 e. The Balaban J connectivity index is 2.63. The van der Waals surface area contributed by atoms with E-state index in [2.05, 4.69) is 0 Å². The molecule has 2 heterocycles. The molecule has 0 spiro atoms. The zero-order valence-corrected chi connectivity index (χ0v) is 9.06. The maximum absolute atomic E-state index is 11.8. The molecular weight excluding hydrogens is 200 g/mol. The number of aromatic nitrogens is 2. The first-order valence-corrected chi connectivity index (χ1v) is 5.54. The number of imidazole rings is 1. The van der Waals surface area contributed by atoms with Crippen LogP contribution in [-0.2, 0) is 13.6 Å². The highest BCUT2D eigenvalue weighted by Gasteiger charge is 2.28.